The molecule has 4 heterocycles. The second-order valence-corrected chi connectivity index (χ2v) is 10.3. The molecule has 0 atom stereocenters. The Bertz CT molecular complexity index is 1490. The molecule has 8 nitrogen and oxygen atoms in total. The molecule has 0 spiro atoms. The topological polar surface area (TPSA) is 75.4 Å². The highest BCUT2D eigenvalue weighted by Crippen LogP contribution is 2.30. The number of hydrogen-bond donors (Lipinski definition) is 1. The molecule has 1 N–H and O–H groups in total. The first-order chi connectivity index (χ1) is 18.4. The van der Waals surface area contributed by atoms with Gasteiger partial charge in [-0.3, -0.25) is 19.1 Å². The highest BCUT2D eigenvalue weighted by Gasteiger charge is 2.23. The number of fused-ring (bicyclic) bond motifs is 1. The van der Waals surface area contributed by atoms with Gasteiger partial charge in [0.15, 0.2) is 0 Å². The van der Waals surface area contributed by atoms with Gasteiger partial charge in [0.1, 0.15) is 5.65 Å². The predicted octanol–water partition coefficient (Wildman–Crippen LogP) is 4.24. The van der Waals surface area contributed by atoms with E-state index in [0.29, 0.717) is 5.92 Å². The summed E-state index contributed by atoms with van der Waals surface area (Å²) in [6.07, 6.45) is 5.77. The third kappa shape index (κ3) is 5.09. The first-order valence-electron chi connectivity index (χ1n) is 13.3. The largest absolute Gasteiger partial charge is 0.385 e. The molecule has 1 amide bonds. The van der Waals surface area contributed by atoms with Crippen molar-refractivity contribution < 1.29 is 4.79 Å². The predicted molar refractivity (Wildman–Crippen MR) is 152 cm³/mol. The Morgan fingerprint density at radius 1 is 1.08 bits per heavy atom. The summed E-state index contributed by atoms with van der Waals surface area (Å²) < 4.78 is 3.83. The van der Waals surface area contributed by atoms with Gasteiger partial charge in [-0.1, -0.05) is 12.1 Å². The van der Waals surface area contributed by atoms with E-state index < -0.39 is 0 Å². The number of benzene rings is 1. The zero-order valence-electron chi connectivity index (χ0n) is 22.6. The Morgan fingerprint density at radius 3 is 2.47 bits per heavy atom. The number of aryl methyl sites for hydroxylation is 1. The van der Waals surface area contributed by atoms with Crippen molar-refractivity contribution in [3.63, 3.8) is 0 Å². The van der Waals surface area contributed by atoms with E-state index in [1.54, 1.807) is 35.8 Å². The minimum Gasteiger partial charge on any atom is -0.385 e. The van der Waals surface area contributed by atoms with Crippen LogP contribution in [-0.2, 0) is 13.6 Å². The number of aromatic nitrogens is 3. The lowest BCUT2D eigenvalue weighted by Crippen LogP contribution is -2.33. The van der Waals surface area contributed by atoms with Gasteiger partial charge in [-0.05, 0) is 74.7 Å². The van der Waals surface area contributed by atoms with E-state index in [2.05, 4.69) is 45.0 Å². The normalized spacial score (nSPS) is 14.6. The van der Waals surface area contributed by atoms with Crippen LogP contribution in [0.25, 0.3) is 16.7 Å². The van der Waals surface area contributed by atoms with E-state index >= 15 is 0 Å². The molecule has 8 heteroatoms. The maximum absolute atomic E-state index is 12.9. The van der Waals surface area contributed by atoms with Gasteiger partial charge in [-0.25, -0.2) is 4.98 Å². The van der Waals surface area contributed by atoms with E-state index in [1.165, 1.54) is 11.3 Å². The Labute approximate surface area is 223 Å². The minimum absolute atomic E-state index is 0.0364. The number of likely N-dealkylation sites (tertiary alicyclic amines) is 1. The summed E-state index contributed by atoms with van der Waals surface area (Å²) in [4.78, 5) is 33.8. The number of anilines is 1. The summed E-state index contributed by atoms with van der Waals surface area (Å²) >= 11 is 0. The van der Waals surface area contributed by atoms with Crippen molar-refractivity contribution in [2.24, 2.45) is 7.05 Å². The summed E-state index contributed by atoms with van der Waals surface area (Å²) in [6.45, 7) is 5.64. The summed E-state index contributed by atoms with van der Waals surface area (Å²) in [7, 11) is 5.61. The molecule has 0 saturated carbocycles. The molecule has 38 heavy (non-hydrogen) atoms. The number of nitrogens with one attached hydrogen (secondary N) is 1. The molecule has 1 aliphatic heterocycles. The molecule has 4 aromatic rings. The van der Waals surface area contributed by atoms with Crippen LogP contribution in [-0.4, -0.2) is 63.6 Å². The van der Waals surface area contributed by atoms with E-state index in [0.717, 1.165) is 67.0 Å². The number of amides is 1. The maximum atomic E-state index is 12.9. The number of carbonyl (C=O) groups excluding carboxylic acids is 1. The van der Waals surface area contributed by atoms with Crippen LogP contribution in [0.5, 0.6) is 0 Å². The fourth-order valence-corrected chi connectivity index (χ4v) is 5.42. The van der Waals surface area contributed by atoms with Gasteiger partial charge in [0.05, 0.1) is 5.69 Å². The number of nitrogens with zero attached hydrogens (tertiary/aromatic N) is 5. The molecule has 0 radical (unpaired) electrons. The fraction of sp³-hybridized carbons (Fsp3) is 0.367. The average Bonchev–Trinajstić information content (AvgIpc) is 3.24. The molecule has 1 aliphatic rings. The SMILES string of the molecule is CCNc1ccn(-c2ccnc3c2cc(CN2CCC(c4ccc(C(=O)N(C)C)cc4)CC2)n3C)c(=O)c1. The van der Waals surface area contributed by atoms with E-state index in [4.69, 9.17) is 0 Å². The first-order valence-corrected chi connectivity index (χ1v) is 13.3. The lowest BCUT2D eigenvalue weighted by molar-refractivity contribution is 0.0827. The highest BCUT2D eigenvalue weighted by atomic mass is 16.2. The van der Waals surface area contributed by atoms with Crippen LogP contribution in [0, 0.1) is 0 Å². The van der Waals surface area contributed by atoms with Crippen LogP contribution in [0.3, 0.4) is 0 Å². The fourth-order valence-electron chi connectivity index (χ4n) is 5.42. The molecule has 3 aromatic heterocycles. The minimum atomic E-state index is -0.0671. The van der Waals surface area contributed by atoms with Crippen molar-refractivity contribution in [1.29, 1.82) is 0 Å². The van der Waals surface area contributed by atoms with Crippen LogP contribution < -0.4 is 10.9 Å². The number of hydrogen-bond acceptors (Lipinski definition) is 5. The van der Waals surface area contributed by atoms with E-state index in [1.807, 2.05) is 37.4 Å². The maximum Gasteiger partial charge on any atom is 0.257 e. The van der Waals surface area contributed by atoms with Crippen LogP contribution >= 0.6 is 0 Å². The molecule has 198 valence electrons. The Morgan fingerprint density at radius 2 is 1.82 bits per heavy atom. The van der Waals surface area contributed by atoms with E-state index in [-0.39, 0.29) is 11.5 Å². The van der Waals surface area contributed by atoms with Gasteiger partial charge in [0.25, 0.3) is 11.5 Å². The Balaban J connectivity index is 1.30. The van der Waals surface area contributed by atoms with Gasteiger partial charge in [-0.2, -0.15) is 0 Å². The third-order valence-electron chi connectivity index (χ3n) is 7.57. The number of pyridine rings is 2. The van der Waals surface area contributed by atoms with Crippen molar-refractivity contribution in [3.05, 3.63) is 88.1 Å². The average molecular weight is 513 g/mol. The number of piperidine rings is 1. The van der Waals surface area contributed by atoms with Crippen LogP contribution in [0.4, 0.5) is 5.69 Å². The van der Waals surface area contributed by atoms with Crippen LogP contribution in [0.15, 0.2) is 65.7 Å². The number of rotatable bonds is 7. The zero-order valence-corrected chi connectivity index (χ0v) is 22.6. The summed E-state index contributed by atoms with van der Waals surface area (Å²) in [5.74, 6) is 0.543. The van der Waals surface area contributed by atoms with Crippen LogP contribution in [0.2, 0.25) is 0 Å². The quantitative estimate of drug-likeness (QED) is 0.401. The standard InChI is InChI=1S/C30H36N6O2/c1-5-31-24-13-17-36(28(37)18-24)27-10-14-32-29-26(27)19-25(34(29)4)20-35-15-11-22(12-16-35)21-6-8-23(9-7-21)30(38)33(2)3/h6-10,13-14,17-19,22,31H,5,11-12,15-16,20H2,1-4H3. The van der Waals surface area contributed by atoms with Gasteiger partial charge in [0.2, 0.25) is 0 Å². The molecule has 5 rings (SSSR count). The van der Waals surface area contributed by atoms with Crippen molar-refractivity contribution in [2.45, 2.75) is 32.2 Å². The second-order valence-electron chi connectivity index (χ2n) is 10.3. The molecular weight excluding hydrogens is 476 g/mol. The van der Waals surface area contributed by atoms with Crippen molar-refractivity contribution in [2.75, 3.05) is 39.0 Å². The Hall–Kier alpha value is -3.91. The summed E-state index contributed by atoms with van der Waals surface area (Å²) in [6, 6.07) is 15.8. The van der Waals surface area contributed by atoms with Gasteiger partial charge < -0.3 is 14.8 Å². The zero-order chi connectivity index (χ0) is 26.8. The Kier molecular flexibility index (Phi) is 7.33. The summed E-state index contributed by atoms with van der Waals surface area (Å²) in [5, 5.41) is 4.17. The molecule has 0 aliphatic carbocycles. The lowest BCUT2D eigenvalue weighted by Gasteiger charge is -2.32. The molecule has 1 aromatic carbocycles. The van der Waals surface area contributed by atoms with Crippen molar-refractivity contribution in [3.8, 4) is 5.69 Å². The molecule has 1 fully saturated rings. The lowest BCUT2D eigenvalue weighted by atomic mass is 9.89. The highest BCUT2D eigenvalue weighted by molar-refractivity contribution is 5.93. The molecule has 0 unspecified atom stereocenters. The monoisotopic (exact) mass is 512 g/mol. The van der Waals surface area contributed by atoms with Gasteiger partial charge >= 0.3 is 0 Å². The molecule has 0 bridgehead atoms. The molecular formula is C30H36N6O2. The smallest absolute Gasteiger partial charge is 0.257 e. The van der Waals surface area contributed by atoms with Gasteiger partial charge in [0, 0.05) is 75.0 Å². The first kappa shape index (κ1) is 25.7. The van der Waals surface area contributed by atoms with Crippen molar-refractivity contribution in [1.82, 2.24) is 23.9 Å². The molecule has 1 saturated heterocycles. The second kappa shape index (κ2) is 10.8. The summed E-state index contributed by atoms with van der Waals surface area (Å²) in [5.41, 5.74) is 5.71. The third-order valence-corrected chi connectivity index (χ3v) is 7.57. The van der Waals surface area contributed by atoms with Crippen LogP contribution in [0.1, 0.15) is 47.3 Å². The van der Waals surface area contributed by atoms with E-state index in [9.17, 15) is 9.59 Å². The van der Waals surface area contributed by atoms with Gasteiger partial charge in [-0.15, -0.1) is 0 Å². The number of carbonyl (C=O) groups is 1. The van der Waals surface area contributed by atoms with Crippen molar-refractivity contribution >= 4 is 22.6 Å².